The molecule has 1 saturated heterocycles. The van der Waals surface area contributed by atoms with Crippen molar-refractivity contribution in [3.63, 3.8) is 0 Å². The summed E-state index contributed by atoms with van der Waals surface area (Å²) in [6.07, 6.45) is -0.0958. The number of nitrogens with two attached hydrogens (primary N) is 1. The van der Waals surface area contributed by atoms with Gasteiger partial charge in [-0.05, 0) is 54.8 Å². The van der Waals surface area contributed by atoms with Crippen LogP contribution < -0.4 is 5.73 Å². The SMILES string of the molecule is Cc1ccc(S(=O)(=O)N2CC3=C(CN(C4COC(c5cc(F)ccc5F)C(N)C4)C3)C2)cc1. The van der Waals surface area contributed by atoms with Crippen molar-refractivity contribution >= 4 is 10.0 Å². The van der Waals surface area contributed by atoms with Crippen molar-refractivity contribution in [2.24, 2.45) is 5.73 Å². The molecule has 0 bridgehead atoms. The van der Waals surface area contributed by atoms with Crippen molar-refractivity contribution in [1.82, 2.24) is 9.21 Å². The Hall–Kier alpha value is -2.17. The van der Waals surface area contributed by atoms with Gasteiger partial charge < -0.3 is 10.5 Å². The fraction of sp³-hybridized carbons (Fsp3) is 0.417. The van der Waals surface area contributed by atoms with Gasteiger partial charge in [0, 0.05) is 43.8 Å². The van der Waals surface area contributed by atoms with E-state index in [-0.39, 0.29) is 11.6 Å². The first-order valence-corrected chi connectivity index (χ1v) is 12.5. The zero-order chi connectivity index (χ0) is 23.3. The van der Waals surface area contributed by atoms with Gasteiger partial charge in [0.25, 0.3) is 0 Å². The largest absolute Gasteiger partial charge is 0.370 e. The minimum Gasteiger partial charge on any atom is -0.370 e. The third kappa shape index (κ3) is 4.24. The summed E-state index contributed by atoms with van der Waals surface area (Å²) in [4.78, 5) is 2.56. The van der Waals surface area contributed by atoms with E-state index in [0.29, 0.717) is 44.1 Å². The zero-order valence-electron chi connectivity index (χ0n) is 18.4. The Balaban J connectivity index is 1.21. The van der Waals surface area contributed by atoms with Crippen molar-refractivity contribution in [3.05, 3.63) is 76.4 Å². The van der Waals surface area contributed by atoms with Crippen LogP contribution in [-0.2, 0) is 14.8 Å². The maximum absolute atomic E-state index is 14.2. The van der Waals surface area contributed by atoms with Gasteiger partial charge in [-0.25, -0.2) is 17.2 Å². The van der Waals surface area contributed by atoms with Crippen LogP contribution in [0.5, 0.6) is 0 Å². The average molecular weight is 476 g/mol. The van der Waals surface area contributed by atoms with Crippen LogP contribution in [0.1, 0.15) is 23.7 Å². The second kappa shape index (κ2) is 8.56. The topological polar surface area (TPSA) is 75.9 Å². The number of benzene rings is 2. The fourth-order valence-electron chi connectivity index (χ4n) is 5.01. The van der Waals surface area contributed by atoms with Gasteiger partial charge >= 0.3 is 0 Å². The lowest BCUT2D eigenvalue weighted by Gasteiger charge is -2.39. The lowest BCUT2D eigenvalue weighted by molar-refractivity contribution is -0.0467. The smallest absolute Gasteiger partial charge is 0.243 e. The van der Waals surface area contributed by atoms with Crippen LogP contribution in [0.4, 0.5) is 8.78 Å². The number of sulfonamides is 1. The molecule has 3 aliphatic rings. The van der Waals surface area contributed by atoms with Gasteiger partial charge in [-0.3, -0.25) is 4.90 Å². The monoisotopic (exact) mass is 475 g/mol. The number of hydrogen-bond donors (Lipinski definition) is 1. The summed E-state index contributed by atoms with van der Waals surface area (Å²) in [6.45, 7) is 4.39. The first-order chi connectivity index (χ1) is 15.7. The normalized spacial score (nSPS) is 26.7. The summed E-state index contributed by atoms with van der Waals surface area (Å²) in [5.41, 5.74) is 9.73. The lowest BCUT2D eigenvalue weighted by Crippen LogP contribution is -2.49. The number of halogens is 2. The third-order valence-corrected chi connectivity index (χ3v) is 8.67. The van der Waals surface area contributed by atoms with Gasteiger partial charge in [0.1, 0.15) is 17.7 Å². The Bertz CT molecular complexity index is 1180. The second-order valence-corrected chi connectivity index (χ2v) is 11.1. The molecule has 0 aliphatic carbocycles. The lowest BCUT2D eigenvalue weighted by atomic mass is 9.93. The molecule has 0 aromatic heterocycles. The molecule has 3 unspecified atom stereocenters. The first-order valence-electron chi connectivity index (χ1n) is 11.0. The van der Waals surface area contributed by atoms with Gasteiger partial charge in [-0.1, -0.05) is 17.7 Å². The van der Waals surface area contributed by atoms with Crippen LogP contribution in [0, 0.1) is 18.6 Å². The van der Waals surface area contributed by atoms with Crippen LogP contribution in [0.3, 0.4) is 0 Å². The molecule has 3 heterocycles. The van der Waals surface area contributed by atoms with E-state index in [2.05, 4.69) is 4.90 Å². The van der Waals surface area contributed by atoms with Gasteiger partial charge in [0.15, 0.2) is 0 Å². The number of rotatable bonds is 4. The van der Waals surface area contributed by atoms with E-state index in [1.165, 1.54) is 4.31 Å². The van der Waals surface area contributed by atoms with Crippen molar-refractivity contribution in [1.29, 1.82) is 0 Å². The highest BCUT2D eigenvalue weighted by molar-refractivity contribution is 7.89. The summed E-state index contributed by atoms with van der Waals surface area (Å²) >= 11 is 0. The van der Waals surface area contributed by atoms with E-state index in [9.17, 15) is 17.2 Å². The molecule has 3 atom stereocenters. The second-order valence-electron chi connectivity index (χ2n) is 9.17. The van der Waals surface area contributed by atoms with E-state index in [4.69, 9.17) is 10.5 Å². The predicted octanol–water partition coefficient (Wildman–Crippen LogP) is 2.75. The quantitative estimate of drug-likeness (QED) is 0.689. The highest BCUT2D eigenvalue weighted by atomic mass is 32.2. The molecule has 2 aromatic carbocycles. The van der Waals surface area contributed by atoms with Gasteiger partial charge in [0.2, 0.25) is 10.0 Å². The molecular formula is C24H27F2N3O3S. The molecule has 1 fully saturated rings. The van der Waals surface area contributed by atoms with E-state index in [0.717, 1.165) is 34.9 Å². The molecule has 0 spiro atoms. The molecular weight excluding hydrogens is 448 g/mol. The summed E-state index contributed by atoms with van der Waals surface area (Å²) in [5.74, 6) is -1.04. The summed E-state index contributed by atoms with van der Waals surface area (Å²) in [7, 11) is -3.53. The molecule has 0 saturated carbocycles. The predicted molar refractivity (Wildman–Crippen MR) is 120 cm³/mol. The molecule has 6 nitrogen and oxygen atoms in total. The summed E-state index contributed by atoms with van der Waals surface area (Å²) in [6, 6.07) is 9.82. The van der Waals surface area contributed by atoms with Crippen LogP contribution in [-0.4, -0.2) is 62.5 Å². The van der Waals surface area contributed by atoms with Crippen LogP contribution in [0.25, 0.3) is 0 Å². The number of nitrogens with zero attached hydrogens (tertiary/aromatic N) is 2. The van der Waals surface area contributed by atoms with E-state index < -0.39 is 33.8 Å². The van der Waals surface area contributed by atoms with Crippen LogP contribution in [0.2, 0.25) is 0 Å². The molecule has 5 rings (SSSR count). The van der Waals surface area contributed by atoms with E-state index in [1.54, 1.807) is 24.3 Å². The number of hydrogen-bond acceptors (Lipinski definition) is 5. The van der Waals surface area contributed by atoms with Crippen molar-refractivity contribution in [2.45, 2.75) is 36.4 Å². The minimum absolute atomic E-state index is 0.0422. The Morgan fingerprint density at radius 2 is 1.67 bits per heavy atom. The van der Waals surface area contributed by atoms with Crippen molar-refractivity contribution in [2.75, 3.05) is 32.8 Å². The minimum atomic E-state index is -3.53. The van der Waals surface area contributed by atoms with E-state index in [1.807, 2.05) is 6.92 Å². The fourth-order valence-corrected chi connectivity index (χ4v) is 6.44. The zero-order valence-corrected chi connectivity index (χ0v) is 19.2. The maximum Gasteiger partial charge on any atom is 0.243 e. The molecule has 3 aliphatic heterocycles. The molecule has 0 radical (unpaired) electrons. The maximum atomic E-state index is 14.2. The van der Waals surface area contributed by atoms with E-state index >= 15 is 0 Å². The van der Waals surface area contributed by atoms with Crippen LogP contribution in [0.15, 0.2) is 58.5 Å². The molecule has 2 aromatic rings. The number of ether oxygens (including phenoxy) is 1. The molecule has 2 N–H and O–H groups in total. The van der Waals surface area contributed by atoms with Crippen molar-refractivity contribution in [3.8, 4) is 0 Å². The Morgan fingerprint density at radius 3 is 2.30 bits per heavy atom. The van der Waals surface area contributed by atoms with Gasteiger partial charge in [-0.15, -0.1) is 0 Å². The Labute approximate surface area is 192 Å². The first kappa shape index (κ1) is 22.6. The molecule has 176 valence electrons. The Kier molecular flexibility index (Phi) is 5.86. The average Bonchev–Trinajstić information content (AvgIpc) is 3.36. The molecule has 0 amide bonds. The third-order valence-electron chi connectivity index (χ3n) is 6.86. The number of aryl methyl sites for hydroxylation is 1. The van der Waals surface area contributed by atoms with Gasteiger partial charge in [0.05, 0.1) is 11.5 Å². The van der Waals surface area contributed by atoms with Gasteiger partial charge in [-0.2, -0.15) is 4.31 Å². The summed E-state index contributed by atoms with van der Waals surface area (Å²) < 4.78 is 61.3. The highest BCUT2D eigenvalue weighted by Crippen LogP contribution is 2.35. The molecule has 9 heteroatoms. The Morgan fingerprint density at radius 1 is 1.00 bits per heavy atom. The summed E-state index contributed by atoms with van der Waals surface area (Å²) in [5, 5.41) is 0. The van der Waals surface area contributed by atoms with Crippen molar-refractivity contribution < 1.29 is 21.9 Å². The molecule has 33 heavy (non-hydrogen) atoms. The highest BCUT2D eigenvalue weighted by Gasteiger charge is 2.41. The van der Waals surface area contributed by atoms with Crippen LogP contribution >= 0.6 is 0 Å². The standard InChI is InChI=1S/C24H27F2N3O3S/c1-15-2-5-20(6-3-15)33(30,31)29-12-16-10-28(11-17(16)13-29)19-9-23(27)24(32-14-19)21-8-18(25)4-7-22(21)26/h2-8,19,23-24H,9-14,27H2,1H3.